The molecule has 0 amide bonds. The average Bonchev–Trinajstić information content (AvgIpc) is 1.85. The summed E-state index contributed by atoms with van der Waals surface area (Å²) in [6.45, 7) is 0. The lowest BCUT2D eigenvalue weighted by molar-refractivity contribution is 0.480. The summed E-state index contributed by atoms with van der Waals surface area (Å²) in [6, 6.07) is 0. The number of rotatable bonds is 2. The molecule has 1 rings (SSSR count). The summed E-state index contributed by atoms with van der Waals surface area (Å²) in [7, 11) is -4.03. The van der Waals surface area contributed by atoms with Crippen LogP contribution in [0.4, 0.5) is 0 Å². The summed E-state index contributed by atoms with van der Waals surface area (Å²) in [4.78, 5) is 10.5. The van der Waals surface area contributed by atoms with E-state index in [9.17, 15) is 8.42 Å². The van der Waals surface area contributed by atoms with Crippen molar-refractivity contribution in [3.63, 3.8) is 0 Å². The molecule has 0 bridgehead atoms. The largest absolute Gasteiger partial charge is 0.285 e. The van der Waals surface area contributed by atoms with Crippen LogP contribution < -0.4 is 0 Å². The highest BCUT2D eigenvalue weighted by Gasteiger charge is 2.07. The fourth-order valence-corrected chi connectivity index (χ4v) is 0.976. The lowest BCUT2D eigenvalue weighted by atomic mass is 10.7. The van der Waals surface area contributed by atoms with Crippen molar-refractivity contribution in [2.75, 3.05) is 0 Å². The van der Waals surface area contributed by atoms with Gasteiger partial charge in [-0.1, -0.05) is 0 Å². The van der Waals surface area contributed by atoms with Crippen molar-refractivity contribution in [1.29, 1.82) is 0 Å². The second-order valence-electron chi connectivity index (χ2n) is 1.78. The van der Waals surface area contributed by atoms with Gasteiger partial charge in [-0.2, -0.15) is 8.42 Å². The third-order valence-corrected chi connectivity index (χ3v) is 1.48. The van der Waals surface area contributed by atoms with E-state index in [2.05, 4.69) is 15.0 Å². The van der Waals surface area contributed by atoms with Crippen molar-refractivity contribution in [2.24, 2.45) is 0 Å². The molecule has 0 aromatic carbocycles. The maximum atomic E-state index is 10.3. The van der Waals surface area contributed by atoms with Crippen molar-refractivity contribution in [3.05, 3.63) is 18.5 Å². The van der Waals surface area contributed by atoms with Gasteiger partial charge in [0, 0.05) is 0 Å². The lowest BCUT2D eigenvalue weighted by Gasteiger charge is -1.92. The van der Waals surface area contributed by atoms with Crippen LogP contribution in [0.1, 0.15) is 5.82 Å². The highest BCUT2D eigenvalue weighted by Crippen LogP contribution is 1.93. The minimum atomic E-state index is -4.03. The minimum Gasteiger partial charge on any atom is -0.285 e. The molecule has 1 aromatic rings. The molecule has 60 valence electrons. The summed E-state index contributed by atoms with van der Waals surface area (Å²) in [5, 5.41) is 0. The molecule has 1 aromatic heterocycles. The van der Waals surface area contributed by atoms with Gasteiger partial charge in [-0.15, -0.1) is 0 Å². The van der Waals surface area contributed by atoms with Crippen LogP contribution in [-0.2, 0) is 15.9 Å². The zero-order valence-corrected chi connectivity index (χ0v) is 6.19. The van der Waals surface area contributed by atoms with Crippen molar-refractivity contribution < 1.29 is 13.0 Å². The Morgan fingerprint density at radius 1 is 1.36 bits per heavy atom. The maximum Gasteiger partial charge on any atom is 0.272 e. The van der Waals surface area contributed by atoms with Gasteiger partial charge in [-0.05, 0) is 0 Å². The SMILES string of the molecule is O=S(=O)(O)Cc1ncncn1. The summed E-state index contributed by atoms with van der Waals surface area (Å²) in [5.74, 6) is -0.544. The summed E-state index contributed by atoms with van der Waals surface area (Å²) in [6.07, 6.45) is 2.32. The first-order valence-corrected chi connectivity index (χ1v) is 4.25. The molecule has 0 unspecified atom stereocenters. The predicted octanol–water partition coefficient (Wildman–Crippen LogP) is -0.741. The van der Waals surface area contributed by atoms with Gasteiger partial charge in [0.05, 0.1) is 0 Å². The van der Waals surface area contributed by atoms with Crippen LogP contribution in [0.3, 0.4) is 0 Å². The Morgan fingerprint density at radius 2 is 1.91 bits per heavy atom. The zero-order valence-electron chi connectivity index (χ0n) is 5.38. The van der Waals surface area contributed by atoms with E-state index in [0.717, 1.165) is 12.7 Å². The first-order chi connectivity index (χ1) is 5.08. The van der Waals surface area contributed by atoms with Gasteiger partial charge in [0.1, 0.15) is 24.2 Å². The summed E-state index contributed by atoms with van der Waals surface area (Å²) < 4.78 is 28.9. The van der Waals surface area contributed by atoms with Crippen molar-refractivity contribution in [3.8, 4) is 0 Å². The molecule has 6 nitrogen and oxygen atoms in total. The average molecular weight is 175 g/mol. The van der Waals surface area contributed by atoms with Gasteiger partial charge < -0.3 is 0 Å². The lowest BCUT2D eigenvalue weighted by Crippen LogP contribution is -2.05. The van der Waals surface area contributed by atoms with E-state index in [1.807, 2.05) is 0 Å². The molecule has 7 heteroatoms. The normalized spacial score (nSPS) is 11.4. The second-order valence-corrected chi connectivity index (χ2v) is 3.23. The molecule has 0 fully saturated rings. The van der Waals surface area contributed by atoms with E-state index in [0.29, 0.717) is 0 Å². The van der Waals surface area contributed by atoms with E-state index in [-0.39, 0.29) is 5.82 Å². The van der Waals surface area contributed by atoms with Gasteiger partial charge in [-0.3, -0.25) is 4.55 Å². The molecule has 0 radical (unpaired) electrons. The van der Waals surface area contributed by atoms with E-state index in [1.54, 1.807) is 0 Å². The third-order valence-electron chi connectivity index (χ3n) is 0.858. The van der Waals surface area contributed by atoms with E-state index >= 15 is 0 Å². The fourth-order valence-electron chi connectivity index (χ4n) is 0.501. The molecule has 0 aliphatic rings. The molecule has 0 atom stereocenters. The third kappa shape index (κ3) is 3.01. The Hall–Kier alpha value is -1.08. The van der Waals surface area contributed by atoms with Crippen LogP contribution in [0.25, 0.3) is 0 Å². The molecule has 0 saturated carbocycles. The van der Waals surface area contributed by atoms with Crippen LogP contribution in [0.15, 0.2) is 12.7 Å². The van der Waals surface area contributed by atoms with Crippen molar-refractivity contribution in [1.82, 2.24) is 15.0 Å². The zero-order chi connectivity index (χ0) is 8.32. The fraction of sp³-hybridized carbons (Fsp3) is 0.250. The Kier molecular flexibility index (Phi) is 2.11. The van der Waals surface area contributed by atoms with Crippen LogP contribution in [0.2, 0.25) is 0 Å². The Morgan fingerprint density at radius 3 is 2.36 bits per heavy atom. The van der Waals surface area contributed by atoms with E-state index in [1.165, 1.54) is 0 Å². The molecular formula is C4H5N3O3S. The Bertz CT molecular complexity index is 322. The first-order valence-electron chi connectivity index (χ1n) is 2.64. The number of hydrogen-bond donors (Lipinski definition) is 1. The molecule has 0 aliphatic carbocycles. The second kappa shape index (κ2) is 2.89. The van der Waals surface area contributed by atoms with Crippen LogP contribution in [0, 0.1) is 0 Å². The van der Waals surface area contributed by atoms with Gasteiger partial charge in [0.2, 0.25) is 0 Å². The molecule has 1 heterocycles. The predicted molar refractivity (Wildman–Crippen MR) is 35.1 cm³/mol. The van der Waals surface area contributed by atoms with Crippen LogP contribution >= 0.6 is 0 Å². The maximum absolute atomic E-state index is 10.3. The Labute approximate surface area is 63.1 Å². The van der Waals surface area contributed by atoms with Crippen molar-refractivity contribution >= 4 is 10.1 Å². The standard InChI is InChI=1S/C4H5N3O3S/c8-11(9,10)1-4-6-2-5-3-7-4/h2-3H,1H2,(H,8,9,10). The first kappa shape index (κ1) is 8.02. The molecule has 0 aliphatic heterocycles. The molecule has 11 heavy (non-hydrogen) atoms. The molecule has 0 saturated heterocycles. The highest BCUT2D eigenvalue weighted by molar-refractivity contribution is 7.84. The summed E-state index contributed by atoms with van der Waals surface area (Å²) in [5.41, 5.74) is 0. The quantitative estimate of drug-likeness (QED) is 0.595. The summed E-state index contributed by atoms with van der Waals surface area (Å²) >= 11 is 0. The molecule has 0 spiro atoms. The molecular weight excluding hydrogens is 170 g/mol. The van der Waals surface area contributed by atoms with E-state index in [4.69, 9.17) is 4.55 Å². The Balaban J connectivity index is 2.82. The van der Waals surface area contributed by atoms with E-state index < -0.39 is 15.9 Å². The van der Waals surface area contributed by atoms with Gasteiger partial charge in [0.25, 0.3) is 10.1 Å². The van der Waals surface area contributed by atoms with Crippen LogP contribution in [0.5, 0.6) is 0 Å². The van der Waals surface area contributed by atoms with Gasteiger partial charge in [0.15, 0.2) is 0 Å². The monoisotopic (exact) mass is 175 g/mol. The molecule has 1 N–H and O–H groups in total. The topological polar surface area (TPSA) is 93.0 Å². The highest BCUT2D eigenvalue weighted by atomic mass is 32.2. The smallest absolute Gasteiger partial charge is 0.272 e. The van der Waals surface area contributed by atoms with Gasteiger partial charge in [-0.25, -0.2) is 15.0 Å². The van der Waals surface area contributed by atoms with Crippen LogP contribution in [-0.4, -0.2) is 27.9 Å². The number of aromatic nitrogens is 3. The van der Waals surface area contributed by atoms with Gasteiger partial charge >= 0.3 is 0 Å². The van der Waals surface area contributed by atoms with Crippen molar-refractivity contribution in [2.45, 2.75) is 5.75 Å². The number of nitrogens with zero attached hydrogens (tertiary/aromatic N) is 3. The minimum absolute atomic E-state index is 0.0301. The number of hydrogen-bond acceptors (Lipinski definition) is 5.